The highest BCUT2D eigenvalue weighted by atomic mass is 32.2. The molecule has 1 atom stereocenters. The maximum Gasteiger partial charge on any atom is 0.241 e. The predicted octanol–water partition coefficient (Wildman–Crippen LogP) is 3.11. The van der Waals surface area contributed by atoms with Crippen LogP contribution in [0, 0.1) is 20.8 Å². The Morgan fingerprint density at radius 1 is 1.14 bits per heavy atom. The number of nitrogens with one attached hydrogen (secondary N) is 1. The molecule has 114 valence electrons. The van der Waals surface area contributed by atoms with Gasteiger partial charge in [0, 0.05) is 12.5 Å². The first kappa shape index (κ1) is 15.8. The first-order valence-electron chi connectivity index (χ1n) is 6.92. The van der Waals surface area contributed by atoms with Crippen LogP contribution < -0.4 is 4.72 Å². The lowest BCUT2D eigenvalue weighted by Crippen LogP contribution is -2.34. The van der Waals surface area contributed by atoms with Crippen LogP contribution in [0.1, 0.15) is 29.4 Å². The van der Waals surface area contributed by atoms with Crippen LogP contribution in [0.5, 0.6) is 0 Å². The summed E-state index contributed by atoms with van der Waals surface area (Å²) < 4.78 is 33.0. The van der Waals surface area contributed by atoms with E-state index in [-0.39, 0.29) is 6.04 Å². The van der Waals surface area contributed by atoms with Crippen molar-refractivity contribution in [1.82, 2.24) is 4.72 Å². The van der Waals surface area contributed by atoms with Crippen molar-refractivity contribution in [2.24, 2.45) is 0 Å². The summed E-state index contributed by atoms with van der Waals surface area (Å²) in [7, 11) is -3.52. The highest BCUT2D eigenvalue weighted by molar-refractivity contribution is 7.89. The second-order valence-corrected chi connectivity index (χ2v) is 7.19. The van der Waals surface area contributed by atoms with Gasteiger partial charge in [-0.05, 0) is 62.6 Å². The van der Waals surface area contributed by atoms with Crippen LogP contribution in [0.3, 0.4) is 0 Å². The van der Waals surface area contributed by atoms with E-state index in [0.29, 0.717) is 11.3 Å². The van der Waals surface area contributed by atoms with E-state index in [9.17, 15) is 8.42 Å². The molecule has 0 amide bonds. The Bertz CT molecular complexity index is 718. The largest absolute Gasteiger partial charge is 0.469 e. The van der Waals surface area contributed by atoms with Crippen molar-refractivity contribution in [3.05, 3.63) is 53.0 Å². The summed E-state index contributed by atoms with van der Waals surface area (Å²) in [6.45, 7) is 7.54. The molecule has 0 aliphatic heterocycles. The van der Waals surface area contributed by atoms with E-state index in [1.165, 1.54) is 0 Å². The Labute approximate surface area is 126 Å². The maximum absolute atomic E-state index is 12.5. The summed E-state index contributed by atoms with van der Waals surface area (Å²) in [5, 5.41) is 0. The third-order valence-corrected chi connectivity index (χ3v) is 5.26. The summed E-state index contributed by atoms with van der Waals surface area (Å²) >= 11 is 0. The van der Waals surface area contributed by atoms with Gasteiger partial charge in [0.25, 0.3) is 0 Å². The van der Waals surface area contributed by atoms with E-state index in [2.05, 4.69) is 4.72 Å². The fraction of sp³-hybridized carbons (Fsp3) is 0.375. The molecule has 0 bridgehead atoms. The van der Waals surface area contributed by atoms with Crippen LogP contribution in [0.4, 0.5) is 0 Å². The Hall–Kier alpha value is -1.59. The number of aryl methyl sites for hydroxylation is 3. The minimum atomic E-state index is -3.52. The van der Waals surface area contributed by atoms with Crippen molar-refractivity contribution in [3.8, 4) is 0 Å². The van der Waals surface area contributed by atoms with Gasteiger partial charge < -0.3 is 4.42 Å². The third kappa shape index (κ3) is 3.74. The van der Waals surface area contributed by atoms with Gasteiger partial charge >= 0.3 is 0 Å². The van der Waals surface area contributed by atoms with Crippen molar-refractivity contribution < 1.29 is 12.8 Å². The summed E-state index contributed by atoms with van der Waals surface area (Å²) in [6.07, 6.45) is 2.11. The Morgan fingerprint density at radius 3 is 2.43 bits per heavy atom. The third-order valence-electron chi connectivity index (χ3n) is 3.52. The number of sulfonamides is 1. The lowest BCUT2D eigenvalue weighted by Gasteiger charge is -2.16. The van der Waals surface area contributed by atoms with E-state index in [1.807, 2.05) is 39.8 Å². The average Bonchev–Trinajstić information content (AvgIpc) is 2.85. The molecule has 5 heteroatoms. The quantitative estimate of drug-likeness (QED) is 0.923. The molecule has 1 N–H and O–H groups in total. The van der Waals surface area contributed by atoms with Crippen LogP contribution in [0.15, 0.2) is 39.8 Å². The van der Waals surface area contributed by atoms with Gasteiger partial charge in [-0.25, -0.2) is 13.1 Å². The number of hydrogen-bond acceptors (Lipinski definition) is 3. The van der Waals surface area contributed by atoms with Crippen molar-refractivity contribution in [2.75, 3.05) is 0 Å². The SMILES string of the molecule is Cc1cc(C)c(S(=O)(=O)N[C@H](C)Cc2ccco2)cc1C. The first-order chi connectivity index (χ1) is 9.79. The molecule has 1 aromatic carbocycles. The van der Waals surface area contributed by atoms with Crippen molar-refractivity contribution in [1.29, 1.82) is 0 Å². The van der Waals surface area contributed by atoms with Gasteiger partial charge in [0.05, 0.1) is 11.2 Å². The minimum absolute atomic E-state index is 0.234. The van der Waals surface area contributed by atoms with Gasteiger partial charge in [-0.1, -0.05) is 6.07 Å². The second-order valence-electron chi connectivity index (χ2n) is 5.51. The highest BCUT2D eigenvalue weighted by Crippen LogP contribution is 2.20. The number of benzene rings is 1. The monoisotopic (exact) mass is 307 g/mol. The number of hydrogen-bond donors (Lipinski definition) is 1. The van der Waals surface area contributed by atoms with Gasteiger partial charge in [0.15, 0.2) is 0 Å². The zero-order valence-corrected chi connectivity index (χ0v) is 13.6. The summed E-state index contributed by atoms with van der Waals surface area (Å²) in [6, 6.07) is 7.03. The molecule has 21 heavy (non-hydrogen) atoms. The Kier molecular flexibility index (Phi) is 4.54. The predicted molar refractivity (Wildman–Crippen MR) is 82.8 cm³/mol. The van der Waals surface area contributed by atoms with Crippen LogP contribution >= 0.6 is 0 Å². The molecule has 0 saturated carbocycles. The Morgan fingerprint density at radius 2 is 1.81 bits per heavy atom. The van der Waals surface area contributed by atoms with E-state index < -0.39 is 10.0 Å². The molecule has 0 unspecified atom stereocenters. The van der Waals surface area contributed by atoms with Crippen LogP contribution in [0.2, 0.25) is 0 Å². The van der Waals surface area contributed by atoms with Gasteiger partial charge in [0.2, 0.25) is 10.0 Å². The molecule has 0 aliphatic carbocycles. The molecule has 2 aromatic rings. The normalized spacial score (nSPS) is 13.3. The van der Waals surface area contributed by atoms with Crippen LogP contribution in [-0.2, 0) is 16.4 Å². The fourth-order valence-electron chi connectivity index (χ4n) is 2.32. The standard InChI is InChI=1S/C16H21NO3S/c1-11-8-13(3)16(9-12(11)2)21(18,19)17-14(4)10-15-6-5-7-20-15/h5-9,14,17H,10H2,1-4H3/t14-/m1/s1. The fourth-order valence-corrected chi connectivity index (χ4v) is 3.88. The van der Waals surface area contributed by atoms with Crippen LogP contribution in [0.25, 0.3) is 0 Å². The second kappa shape index (κ2) is 6.03. The average molecular weight is 307 g/mol. The summed E-state index contributed by atoms with van der Waals surface area (Å²) in [5.41, 5.74) is 2.82. The molecule has 1 aromatic heterocycles. The zero-order valence-electron chi connectivity index (χ0n) is 12.8. The lowest BCUT2D eigenvalue weighted by molar-refractivity contribution is 0.479. The van der Waals surface area contributed by atoms with Crippen LogP contribution in [-0.4, -0.2) is 14.5 Å². The van der Waals surface area contributed by atoms with E-state index in [4.69, 9.17) is 4.42 Å². The molecular weight excluding hydrogens is 286 g/mol. The molecule has 2 rings (SSSR count). The summed E-state index contributed by atoms with van der Waals surface area (Å²) in [4.78, 5) is 0.344. The molecule has 0 spiro atoms. The van der Waals surface area contributed by atoms with Crippen molar-refractivity contribution >= 4 is 10.0 Å². The Balaban J connectivity index is 2.20. The number of rotatable bonds is 5. The van der Waals surface area contributed by atoms with Gasteiger partial charge in [-0.3, -0.25) is 0 Å². The zero-order chi connectivity index (χ0) is 15.6. The van der Waals surface area contributed by atoms with E-state index >= 15 is 0 Å². The van der Waals surface area contributed by atoms with Gasteiger partial charge in [-0.2, -0.15) is 0 Å². The van der Waals surface area contributed by atoms with E-state index in [0.717, 1.165) is 22.5 Å². The molecule has 1 heterocycles. The van der Waals surface area contributed by atoms with Crippen molar-refractivity contribution in [3.63, 3.8) is 0 Å². The molecule has 0 aliphatic rings. The van der Waals surface area contributed by atoms with Crippen molar-refractivity contribution in [2.45, 2.75) is 45.1 Å². The minimum Gasteiger partial charge on any atom is -0.469 e. The first-order valence-corrected chi connectivity index (χ1v) is 8.40. The molecule has 0 radical (unpaired) electrons. The highest BCUT2D eigenvalue weighted by Gasteiger charge is 2.20. The number of furan rings is 1. The molecule has 0 saturated heterocycles. The van der Waals surface area contributed by atoms with Gasteiger partial charge in [-0.15, -0.1) is 0 Å². The lowest BCUT2D eigenvalue weighted by atomic mass is 10.1. The topological polar surface area (TPSA) is 59.3 Å². The molecule has 0 fully saturated rings. The maximum atomic E-state index is 12.5. The smallest absolute Gasteiger partial charge is 0.241 e. The van der Waals surface area contributed by atoms with E-state index in [1.54, 1.807) is 18.4 Å². The van der Waals surface area contributed by atoms with Gasteiger partial charge in [0.1, 0.15) is 5.76 Å². The molecular formula is C16H21NO3S. The summed E-state index contributed by atoms with van der Waals surface area (Å²) in [5.74, 6) is 0.766. The molecule has 4 nitrogen and oxygen atoms in total.